The summed E-state index contributed by atoms with van der Waals surface area (Å²) in [5.41, 5.74) is 10.1. The van der Waals surface area contributed by atoms with Gasteiger partial charge < -0.3 is 4.98 Å². The first-order chi connectivity index (χ1) is 8.72. The molecule has 0 atom stereocenters. The number of fused-ring (bicyclic) bond motifs is 1. The summed E-state index contributed by atoms with van der Waals surface area (Å²) in [4.78, 5) is 16.1. The van der Waals surface area contributed by atoms with Crippen LogP contribution < -0.4 is 0 Å². The fourth-order valence-electron chi connectivity index (χ4n) is 1.87. The Balaban J connectivity index is 2.24. The Kier molecular flexibility index (Phi) is 3.45. The molecule has 92 valence electrons. The zero-order valence-corrected chi connectivity index (χ0v) is 9.54. The molecule has 0 saturated carbocycles. The van der Waals surface area contributed by atoms with E-state index >= 15 is 0 Å². The van der Waals surface area contributed by atoms with E-state index in [2.05, 4.69) is 15.0 Å². The fourth-order valence-corrected chi connectivity index (χ4v) is 1.87. The molecule has 0 unspecified atom stereocenters. The lowest BCUT2D eigenvalue weighted by atomic mass is 10.1. The summed E-state index contributed by atoms with van der Waals surface area (Å²) in [6.45, 7) is 0.429. The van der Waals surface area contributed by atoms with Crippen LogP contribution in [0.15, 0.2) is 29.5 Å². The van der Waals surface area contributed by atoms with Crippen molar-refractivity contribution in [3.8, 4) is 0 Å². The molecule has 2 aromatic rings. The van der Waals surface area contributed by atoms with Crippen LogP contribution in [-0.2, 0) is 6.42 Å². The number of nitrogens with zero attached hydrogens (tertiary/aromatic N) is 4. The van der Waals surface area contributed by atoms with E-state index < -0.39 is 4.92 Å². The summed E-state index contributed by atoms with van der Waals surface area (Å²) < 4.78 is 0. The lowest BCUT2D eigenvalue weighted by Gasteiger charge is -1.97. The molecule has 1 heterocycles. The number of aromatic amines is 1. The van der Waals surface area contributed by atoms with Crippen molar-refractivity contribution >= 4 is 16.6 Å². The highest BCUT2D eigenvalue weighted by Gasteiger charge is 2.09. The summed E-state index contributed by atoms with van der Waals surface area (Å²) >= 11 is 0. The smallest absolute Gasteiger partial charge is 0.270 e. The molecule has 1 aromatic carbocycles. The van der Waals surface area contributed by atoms with Crippen LogP contribution >= 0.6 is 0 Å². The third kappa shape index (κ3) is 2.41. The molecule has 0 spiro atoms. The SMILES string of the molecule is [N-]=[N+]=NCCCc1c[nH]c2ccc([N+](=O)[O-])cc12. The first-order valence-electron chi connectivity index (χ1n) is 5.47. The van der Waals surface area contributed by atoms with Crippen LogP contribution in [0.3, 0.4) is 0 Å². The Hall–Kier alpha value is -2.53. The van der Waals surface area contributed by atoms with Gasteiger partial charge >= 0.3 is 0 Å². The van der Waals surface area contributed by atoms with Gasteiger partial charge in [-0.15, -0.1) is 0 Å². The molecule has 7 nitrogen and oxygen atoms in total. The van der Waals surface area contributed by atoms with E-state index in [4.69, 9.17) is 5.53 Å². The van der Waals surface area contributed by atoms with E-state index in [1.807, 2.05) is 6.20 Å². The molecule has 7 heteroatoms. The van der Waals surface area contributed by atoms with Crippen molar-refractivity contribution in [2.45, 2.75) is 12.8 Å². The number of azide groups is 1. The van der Waals surface area contributed by atoms with Crippen molar-refractivity contribution in [1.82, 2.24) is 4.98 Å². The average molecular weight is 245 g/mol. The molecule has 0 bridgehead atoms. The van der Waals surface area contributed by atoms with Gasteiger partial charge in [0.05, 0.1) is 4.92 Å². The summed E-state index contributed by atoms with van der Waals surface area (Å²) in [5, 5.41) is 15.0. The van der Waals surface area contributed by atoms with Crippen molar-refractivity contribution in [3.63, 3.8) is 0 Å². The van der Waals surface area contributed by atoms with E-state index in [9.17, 15) is 10.1 Å². The number of H-pyrrole nitrogens is 1. The molecule has 0 aliphatic heterocycles. The lowest BCUT2D eigenvalue weighted by Crippen LogP contribution is -1.89. The number of rotatable bonds is 5. The fraction of sp³-hybridized carbons (Fsp3) is 0.273. The van der Waals surface area contributed by atoms with Gasteiger partial charge in [-0.2, -0.15) is 0 Å². The minimum absolute atomic E-state index is 0.0818. The van der Waals surface area contributed by atoms with Gasteiger partial charge in [0.15, 0.2) is 0 Å². The second-order valence-corrected chi connectivity index (χ2v) is 3.86. The number of hydrogen-bond donors (Lipinski definition) is 1. The maximum atomic E-state index is 10.7. The molecular formula is C11H11N5O2. The minimum atomic E-state index is -0.407. The van der Waals surface area contributed by atoms with Gasteiger partial charge in [-0.1, -0.05) is 5.11 Å². The maximum absolute atomic E-state index is 10.7. The second kappa shape index (κ2) is 5.20. The highest BCUT2D eigenvalue weighted by molar-refractivity contribution is 5.85. The van der Waals surface area contributed by atoms with E-state index in [1.54, 1.807) is 12.1 Å². The number of nitro benzene ring substituents is 1. The molecular weight excluding hydrogens is 234 g/mol. The van der Waals surface area contributed by atoms with Gasteiger partial charge in [-0.25, -0.2) is 0 Å². The number of nitrogens with one attached hydrogen (secondary N) is 1. The molecule has 0 aliphatic rings. The Morgan fingerprint density at radius 1 is 1.50 bits per heavy atom. The van der Waals surface area contributed by atoms with Crippen molar-refractivity contribution in [2.75, 3.05) is 6.54 Å². The number of aryl methyl sites for hydroxylation is 1. The molecule has 18 heavy (non-hydrogen) atoms. The van der Waals surface area contributed by atoms with Crippen LogP contribution in [0.2, 0.25) is 0 Å². The van der Waals surface area contributed by atoms with Gasteiger partial charge in [-0.05, 0) is 30.0 Å². The Bertz CT molecular complexity index is 627. The largest absolute Gasteiger partial charge is 0.361 e. The highest BCUT2D eigenvalue weighted by atomic mass is 16.6. The van der Waals surface area contributed by atoms with Crippen LogP contribution in [0.1, 0.15) is 12.0 Å². The van der Waals surface area contributed by atoms with Crippen LogP contribution in [0.5, 0.6) is 0 Å². The number of non-ortho nitro benzene ring substituents is 1. The Morgan fingerprint density at radius 2 is 2.33 bits per heavy atom. The Morgan fingerprint density at radius 3 is 3.06 bits per heavy atom. The molecule has 1 N–H and O–H groups in total. The van der Waals surface area contributed by atoms with Crippen LogP contribution in [0, 0.1) is 10.1 Å². The monoisotopic (exact) mass is 245 g/mol. The first-order valence-corrected chi connectivity index (χ1v) is 5.47. The maximum Gasteiger partial charge on any atom is 0.270 e. The standard InChI is InChI=1S/C11H11N5O2/c12-15-14-5-1-2-8-7-13-11-4-3-9(16(17)18)6-10(8)11/h3-4,6-7,13H,1-2,5H2. The molecule has 0 saturated heterocycles. The summed E-state index contributed by atoms with van der Waals surface area (Å²) in [6.07, 6.45) is 3.28. The zero-order chi connectivity index (χ0) is 13.0. The minimum Gasteiger partial charge on any atom is -0.361 e. The molecule has 1 aromatic heterocycles. The molecule has 0 aliphatic carbocycles. The Labute approximate surface area is 102 Å². The average Bonchev–Trinajstić information content (AvgIpc) is 2.77. The summed E-state index contributed by atoms with van der Waals surface area (Å²) in [7, 11) is 0. The van der Waals surface area contributed by atoms with Crippen molar-refractivity contribution < 1.29 is 4.92 Å². The van der Waals surface area contributed by atoms with Gasteiger partial charge in [0, 0.05) is 40.7 Å². The molecule has 0 radical (unpaired) electrons. The van der Waals surface area contributed by atoms with Crippen molar-refractivity contribution in [3.05, 3.63) is 50.5 Å². The van der Waals surface area contributed by atoms with Gasteiger partial charge in [0.25, 0.3) is 5.69 Å². The van der Waals surface area contributed by atoms with Crippen LogP contribution in [0.25, 0.3) is 21.3 Å². The second-order valence-electron chi connectivity index (χ2n) is 3.86. The third-order valence-corrected chi connectivity index (χ3v) is 2.73. The van der Waals surface area contributed by atoms with Gasteiger partial charge in [0.2, 0.25) is 0 Å². The van der Waals surface area contributed by atoms with Crippen molar-refractivity contribution in [1.29, 1.82) is 0 Å². The highest BCUT2D eigenvalue weighted by Crippen LogP contribution is 2.24. The summed E-state index contributed by atoms with van der Waals surface area (Å²) in [6, 6.07) is 4.74. The predicted octanol–water partition coefficient (Wildman–Crippen LogP) is 3.32. The number of benzene rings is 1. The third-order valence-electron chi connectivity index (χ3n) is 2.73. The van der Waals surface area contributed by atoms with Gasteiger partial charge in [0.1, 0.15) is 0 Å². The quantitative estimate of drug-likeness (QED) is 0.218. The van der Waals surface area contributed by atoms with Crippen LogP contribution in [-0.4, -0.2) is 16.5 Å². The van der Waals surface area contributed by atoms with Crippen molar-refractivity contribution in [2.24, 2.45) is 5.11 Å². The normalized spacial score (nSPS) is 10.2. The van der Waals surface area contributed by atoms with E-state index in [1.165, 1.54) is 6.07 Å². The van der Waals surface area contributed by atoms with E-state index in [0.717, 1.165) is 29.3 Å². The lowest BCUT2D eigenvalue weighted by molar-refractivity contribution is -0.384. The molecule has 0 amide bonds. The number of hydrogen-bond acceptors (Lipinski definition) is 3. The summed E-state index contributed by atoms with van der Waals surface area (Å²) in [5.74, 6) is 0. The van der Waals surface area contributed by atoms with Gasteiger partial charge in [-0.3, -0.25) is 10.1 Å². The topological polar surface area (TPSA) is 108 Å². The zero-order valence-electron chi connectivity index (χ0n) is 9.54. The molecule has 2 rings (SSSR count). The number of aromatic nitrogens is 1. The van der Waals surface area contributed by atoms with E-state index in [0.29, 0.717) is 6.54 Å². The first kappa shape index (κ1) is 11.9. The van der Waals surface area contributed by atoms with E-state index in [-0.39, 0.29) is 5.69 Å². The van der Waals surface area contributed by atoms with Crippen LogP contribution in [0.4, 0.5) is 5.69 Å². The predicted molar refractivity (Wildman–Crippen MR) is 67.3 cm³/mol. The number of nitro groups is 1. The molecule has 0 fully saturated rings.